The number of nitrogens with two attached hydrogens (primary N) is 1. The normalized spacial score (nSPS) is 11.0. The first-order valence-electron chi connectivity index (χ1n) is 3.13. The Balaban J connectivity index is 3.37. The van der Waals surface area contributed by atoms with Gasteiger partial charge in [0.05, 0.1) is 5.75 Å². The Morgan fingerprint density at radius 1 is 1.55 bits per heavy atom. The number of carbonyl (C=O) groups excluding carboxylic acids is 1. The quantitative estimate of drug-likeness (QED) is 0.549. The van der Waals surface area contributed by atoms with Crippen molar-refractivity contribution < 1.29 is 13.2 Å². The lowest BCUT2D eigenvalue weighted by atomic mass is 10.5. The molecule has 5 nitrogen and oxygen atoms in total. The summed E-state index contributed by atoms with van der Waals surface area (Å²) in [6.45, 7) is 0.308. The monoisotopic (exact) mass is 180 g/mol. The van der Waals surface area contributed by atoms with Gasteiger partial charge in [-0.05, 0) is 6.42 Å². The molecule has 0 unspecified atom stereocenters. The van der Waals surface area contributed by atoms with Crippen LogP contribution < -0.4 is 11.1 Å². The number of primary amides is 1. The fraction of sp³-hybridized carbons (Fsp3) is 0.800. The van der Waals surface area contributed by atoms with Crippen LogP contribution >= 0.6 is 0 Å². The maximum Gasteiger partial charge on any atom is 0.312 e. The number of rotatable bonds is 4. The van der Waals surface area contributed by atoms with E-state index in [1.165, 1.54) is 0 Å². The van der Waals surface area contributed by atoms with Crippen molar-refractivity contribution in [2.24, 2.45) is 5.73 Å². The van der Waals surface area contributed by atoms with Crippen LogP contribution in [0.25, 0.3) is 0 Å². The highest BCUT2D eigenvalue weighted by atomic mass is 32.2. The van der Waals surface area contributed by atoms with Crippen LogP contribution in [-0.2, 0) is 9.84 Å². The largest absolute Gasteiger partial charge is 0.352 e. The van der Waals surface area contributed by atoms with E-state index in [0.717, 1.165) is 6.26 Å². The molecule has 6 heteroatoms. The van der Waals surface area contributed by atoms with Gasteiger partial charge in [0.15, 0.2) is 0 Å². The number of amides is 2. The second kappa shape index (κ2) is 4.17. The van der Waals surface area contributed by atoms with E-state index >= 15 is 0 Å². The number of hydrogen-bond donors (Lipinski definition) is 2. The second-order valence-electron chi connectivity index (χ2n) is 2.27. The topological polar surface area (TPSA) is 89.3 Å². The predicted molar refractivity (Wildman–Crippen MR) is 41.9 cm³/mol. The van der Waals surface area contributed by atoms with E-state index in [-0.39, 0.29) is 5.75 Å². The zero-order chi connectivity index (χ0) is 8.91. The molecule has 0 saturated carbocycles. The molecular weight excluding hydrogens is 168 g/mol. The summed E-state index contributed by atoms with van der Waals surface area (Å²) in [5.41, 5.74) is 4.74. The third kappa shape index (κ3) is 9.22. The molecule has 0 bridgehead atoms. The van der Waals surface area contributed by atoms with E-state index in [1.807, 2.05) is 0 Å². The lowest BCUT2D eigenvalue weighted by Gasteiger charge is -1.99. The van der Waals surface area contributed by atoms with E-state index in [1.54, 1.807) is 0 Å². The van der Waals surface area contributed by atoms with Gasteiger partial charge in [0.1, 0.15) is 9.84 Å². The van der Waals surface area contributed by atoms with Crippen LogP contribution in [0.3, 0.4) is 0 Å². The van der Waals surface area contributed by atoms with Crippen molar-refractivity contribution >= 4 is 15.9 Å². The first-order chi connectivity index (χ1) is 4.92. The molecule has 0 radical (unpaired) electrons. The standard InChI is InChI=1S/C5H12N2O3S/c1-11(9,10)4-2-3-7-5(6)8/h2-4H2,1H3,(H3,6,7,8). The van der Waals surface area contributed by atoms with Crippen LogP contribution in [0.4, 0.5) is 4.79 Å². The molecule has 66 valence electrons. The molecule has 0 fully saturated rings. The molecule has 0 heterocycles. The van der Waals surface area contributed by atoms with Crippen LogP contribution in [0.15, 0.2) is 0 Å². The molecule has 0 aromatic carbocycles. The maximum atomic E-state index is 10.5. The summed E-state index contributed by atoms with van der Waals surface area (Å²) >= 11 is 0. The first-order valence-corrected chi connectivity index (χ1v) is 5.19. The Morgan fingerprint density at radius 3 is 2.45 bits per heavy atom. The number of nitrogens with one attached hydrogen (secondary N) is 1. The maximum absolute atomic E-state index is 10.5. The van der Waals surface area contributed by atoms with Gasteiger partial charge in [-0.2, -0.15) is 0 Å². The molecule has 0 rings (SSSR count). The summed E-state index contributed by atoms with van der Waals surface area (Å²) in [5.74, 6) is 0.0767. The van der Waals surface area contributed by atoms with E-state index < -0.39 is 15.9 Å². The lowest BCUT2D eigenvalue weighted by molar-refractivity contribution is 0.249. The Morgan fingerprint density at radius 2 is 2.09 bits per heavy atom. The zero-order valence-electron chi connectivity index (χ0n) is 6.33. The third-order valence-corrected chi connectivity index (χ3v) is 2.02. The van der Waals surface area contributed by atoms with Crippen molar-refractivity contribution in [3.8, 4) is 0 Å². The number of sulfone groups is 1. The van der Waals surface area contributed by atoms with E-state index in [4.69, 9.17) is 5.73 Å². The van der Waals surface area contributed by atoms with Gasteiger partial charge < -0.3 is 11.1 Å². The molecule has 0 aliphatic heterocycles. The highest BCUT2D eigenvalue weighted by Crippen LogP contribution is 1.86. The second-order valence-corrected chi connectivity index (χ2v) is 4.53. The van der Waals surface area contributed by atoms with Gasteiger partial charge in [0, 0.05) is 12.8 Å². The molecular formula is C5H12N2O3S. The summed E-state index contributed by atoms with van der Waals surface area (Å²) < 4.78 is 21.1. The van der Waals surface area contributed by atoms with Crippen molar-refractivity contribution in [1.82, 2.24) is 5.32 Å². The van der Waals surface area contributed by atoms with Gasteiger partial charge in [-0.15, -0.1) is 0 Å². The van der Waals surface area contributed by atoms with E-state index in [9.17, 15) is 13.2 Å². The van der Waals surface area contributed by atoms with E-state index in [0.29, 0.717) is 13.0 Å². The van der Waals surface area contributed by atoms with Crippen LogP contribution in [-0.4, -0.2) is 33.0 Å². The summed E-state index contributed by atoms with van der Waals surface area (Å²) in [7, 11) is -2.91. The van der Waals surface area contributed by atoms with Crippen LogP contribution in [0, 0.1) is 0 Å². The van der Waals surface area contributed by atoms with Gasteiger partial charge in [0.25, 0.3) is 0 Å². The van der Waals surface area contributed by atoms with Crippen molar-refractivity contribution in [3.63, 3.8) is 0 Å². The van der Waals surface area contributed by atoms with Crippen molar-refractivity contribution in [3.05, 3.63) is 0 Å². The summed E-state index contributed by atoms with van der Waals surface area (Å²) in [4.78, 5) is 10.1. The Labute approximate surface area is 65.9 Å². The molecule has 0 saturated heterocycles. The van der Waals surface area contributed by atoms with Gasteiger partial charge in [-0.3, -0.25) is 0 Å². The van der Waals surface area contributed by atoms with Crippen molar-refractivity contribution in [2.75, 3.05) is 18.6 Å². The van der Waals surface area contributed by atoms with Crippen LogP contribution in [0.1, 0.15) is 6.42 Å². The Kier molecular flexibility index (Phi) is 3.88. The predicted octanol–water partition coefficient (Wildman–Crippen LogP) is -0.911. The van der Waals surface area contributed by atoms with Gasteiger partial charge >= 0.3 is 6.03 Å². The Bertz CT molecular complexity index is 222. The molecule has 0 atom stereocenters. The Hall–Kier alpha value is -0.780. The third-order valence-electron chi connectivity index (χ3n) is 0.991. The summed E-state index contributed by atoms with van der Waals surface area (Å²) in [6, 6.07) is -0.626. The van der Waals surface area contributed by atoms with Crippen molar-refractivity contribution in [1.29, 1.82) is 0 Å². The molecule has 0 aromatic heterocycles. The van der Waals surface area contributed by atoms with Crippen LogP contribution in [0.5, 0.6) is 0 Å². The molecule has 0 spiro atoms. The van der Waals surface area contributed by atoms with Crippen molar-refractivity contribution in [2.45, 2.75) is 6.42 Å². The first kappa shape index (κ1) is 10.2. The molecule has 3 N–H and O–H groups in total. The summed E-state index contributed by atoms with van der Waals surface area (Å²) in [5, 5.41) is 2.29. The number of hydrogen-bond acceptors (Lipinski definition) is 3. The molecule has 0 aliphatic carbocycles. The fourth-order valence-corrected chi connectivity index (χ4v) is 1.21. The minimum absolute atomic E-state index is 0.0767. The highest BCUT2D eigenvalue weighted by molar-refractivity contribution is 7.90. The molecule has 11 heavy (non-hydrogen) atoms. The summed E-state index contributed by atoms with van der Waals surface area (Å²) in [6.07, 6.45) is 1.55. The van der Waals surface area contributed by atoms with E-state index in [2.05, 4.69) is 5.32 Å². The van der Waals surface area contributed by atoms with Gasteiger partial charge in [0.2, 0.25) is 0 Å². The van der Waals surface area contributed by atoms with Gasteiger partial charge in [-0.1, -0.05) is 0 Å². The molecule has 2 amide bonds. The highest BCUT2D eigenvalue weighted by Gasteiger charge is 2.00. The smallest absolute Gasteiger partial charge is 0.312 e. The molecule has 0 aliphatic rings. The average Bonchev–Trinajstić information content (AvgIpc) is 1.78. The average molecular weight is 180 g/mol. The number of urea groups is 1. The molecule has 0 aromatic rings. The minimum atomic E-state index is -2.91. The SMILES string of the molecule is CS(=O)(=O)CCCNC(N)=O. The lowest BCUT2D eigenvalue weighted by Crippen LogP contribution is -2.30. The van der Waals surface area contributed by atoms with Gasteiger partial charge in [-0.25, -0.2) is 13.2 Å². The zero-order valence-corrected chi connectivity index (χ0v) is 7.15. The fourth-order valence-electron chi connectivity index (χ4n) is 0.546. The number of carbonyl (C=O) groups is 1. The van der Waals surface area contributed by atoms with Crippen LogP contribution in [0.2, 0.25) is 0 Å². The minimum Gasteiger partial charge on any atom is -0.352 e.